The highest BCUT2D eigenvalue weighted by molar-refractivity contribution is 5.65. The van der Waals surface area contributed by atoms with E-state index in [1.165, 1.54) is 12.1 Å². The van der Waals surface area contributed by atoms with Crippen molar-refractivity contribution in [3.05, 3.63) is 53.8 Å². The largest absolute Gasteiger partial charge is 0.493 e. The molecule has 0 bridgehead atoms. The van der Waals surface area contributed by atoms with Gasteiger partial charge in [0.25, 0.3) is 0 Å². The van der Waals surface area contributed by atoms with Crippen molar-refractivity contribution in [2.75, 3.05) is 18.1 Å². The Balaban J connectivity index is 1.90. The predicted octanol–water partition coefficient (Wildman–Crippen LogP) is 2.61. The van der Waals surface area contributed by atoms with Gasteiger partial charge in [0.2, 0.25) is 0 Å². The highest BCUT2D eigenvalue weighted by Crippen LogP contribution is 2.21. The standard InChI is InChI=1S/C14H15FN2O/c15-11-3-1-2-10(8-11)6-7-18-12-4-5-13(16)14(17)9-12/h1-5,8-9H,6-7,16-17H2. The van der Waals surface area contributed by atoms with Crippen molar-refractivity contribution in [3.8, 4) is 5.75 Å². The molecule has 0 saturated carbocycles. The summed E-state index contributed by atoms with van der Waals surface area (Å²) < 4.78 is 18.5. The third kappa shape index (κ3) is 3.13. The average Bonchev–Trinajstić information content (AvgIpc) is 2.34. The van der Waals surface area contributed by atoms with Crippen LogP contribution in [0.4, 0.5) is 15.8 Å². The van der Waals surface area contributed by atoms with Crippen LogP contribution in [0.3, 0.4) is 0 Å². The molecule has 2 aromatic carbocycles. The molecule has 0 saturated heterocycles. The van der Waals surface area contributed by atoms with Gasteiger partial charge in [0.15, 0.2) is 0 Å². The summed E-state index contributed by atoms with van der Waals surface area (Å²) in [6.45, 7) is 0.465. The van der Waals surface area contributed by atoms with Crippen LogP contribution in [0.2, 0.25) is 0 Å². The maximum absolute atomic E-state index is 12.9. The lowest BCUT2D eigenvalue weighted by Crippen LogP contribution is -2.02. The third-order valence-corrected chi connectivity index (χ3v) is 2.61. The third-order valence-electron chi connectivity index (χ3n) is 2.61. The molecular weight excluding hydrogens is 231 g/mol. The topological polar surface area (TPSA) is 61.3 Å². The zero-order valence-corrected chi connectivity index (χ0v) is 9.90. The predicted molar refractivity (Wildman–Crippen MR) is 70.9 cm³/mol. The normalized spacial score (nSPS) is 10.3. The van der Waals surface area contributed by atoms with Gasteiger partial charge in [0.05, 0.1) is 18.0 Å². The van der Waals surface area contributed by atoms with Gasteiger partial charge in [-0.25, -0.2) is 4.39 Å². The van der Waals surface area contributed by atoms with Crippen LogP contribution >= 0.6 is 0 Å². The van der Waals surface area contributed by atoms with E-state index >= 15 is 0 Å². The lowest BCUT2D eigenvalue weighted by atomic mass is 10.1. The molecule has 2 aromatic rings. The summed E-state index contributed by atoms with van der Waals surface area (Å²) in [5.74, 6) is 0.433. The molecule has 0 unspecified atom stereocenters. The summed E-state index contributed by atoms with van der Waals surface area (Å²) in [7, 11) is 0. The smallest absolute Gasteiger partial charge is 0.123 e. The molecule has 0 aliphatic heterocycles. The fraction of sp³-hybridized carbons (Fsp3) is 0.143. The minimum absolute atomic E-state index is 0.232. The van der Waals surface area contributed by atoms with Crippen LogP contribution in [0.1, 0.15) is 5.56 Å². The van der Waals surface area contributed by atoms with Crippen LogP contribution in [0.5, 0.6) is 5.75 Å². The molecule has 94 valence electrons. The van der Waals surface area contributed by atoms with E-state index in [-0.39, 0.29) is 5.82 Å². The van der Waals surface area contributed by atoms with E-state index in [1.807, 2.05) is 6.07 Å². The van der Waals surface area contributed by atoms with Gasteiger partial charge >= 0.3 is 0 Å². The second-order valence-corrected chi connectivity index (χ2v) is 4.02. The van der Waals surface area contributed by atoms with E-state index in [1.54, 1.807) is 24.3 Å². The van der Waals surface area contributed by atoms with Gasteiger partial charge in [-0.1, -0.05) is 12.1 Å². The van der Waals surface area contributed by atoms with Gasteiger partial charge < -0.3 is 16.2 Å². The molecule has 4 N–H and O–H groups in total. The Kier molecular flexibility index (Phi) is 3.67. The summed E-state index contributed by atoms with van der Waals surface area (Å²) in [5, 5.41) is 0. The van der Waals surface area contributed by atoms with Gasteiger partial charge in [-0.2, -0.15) is 0 Å². The van der Waals surface area contributed by atoms with Gasteiger partial charge in [0, 0.05) is 12.5 Å². The van der Waals surface area contributed by atoms with Crippen LogP contribution in [0.25, 0.3) is 0 Å². The van der Waals surface area contributed by atoms with Crippen LogP contribution in [-0.4, -0.2) is 6.61 Å². The van der Waals surface area contributed by atoms with E-state index in [9.17, 15) is 4.39 Å². The zero-order chi connectivity index (χ0) is 13.0. The van der Waals surface area contributed by atoms with Gasteiger partial charge in [-0.05, 0) is 29.8 Å². The molecule has 0 aliphatic carbocycles. The second-order valence-electron chi connectivity index (χ2n) is 4.02. The number of hydrogen-bond acceptors (Lipinski definition) is 3. The first-order valence-corrected chi connectivity index (χ1v) is 5.67. The van der Waals surface area contributed by atoms with E-state index in [4.69, 9.17) is 16.2 Å². The van der Waals surface area contributed by atoms with Crippen molar-refractivity contribution in [3.63, 3.8) is 0 Å². The fourth-order valence-electron chi connectivity index (χ4n) is 1.62. The average molecular weight is 246 g/mol. The van der Waals surface area contributed by atoms with E-state index in [0.717, 1.165) is 5.56 Å². The monoisotopic (exact) mass is 246 g/mol. The number of hydrogen-bond donors (Lipinski definition) is 2. The number of anilines is 2. The molecule has 0 atom stereocenters. The Morgan fingerprint density at radius 3 is 2.56 bits per heavy atom. The van der Waals surface area contributed by atoms with Crippen molar-refractivity contribution >= 4 is 11.4 Å². The van der Waals surface area contributed by atoms with Crippen molar-refractivity contribution < 1.29 is 9.13 Å². The number of halogens is 1. The molecule has 0 radical (unpaired) electrons. The first kappa shape index (κ1) is 12.2. The number of nitrogen functional groups attached to an aromatic ring is 2. The molecule has 0 spiro atoms. The number of nitrogens with two attached hydrogens (primary N) is 2. The van der Waals surface area contributed by atoms with E-state index in [0.29, 0.717) is 30.2 Å². The Morgan fingerprint density at radius 1 is 1.00 bits per heavy atom. The minimum Gasteiger partial charge on any atom is -0.493 e. The lowest BCUT2D eigenvalue weighted by Gasteiger charge is -2.08. The van der Waals surface area contributed by atoms with Crippen molar-refractivity contribution in [1.82, 2.24) is 0 Å². The molecule has 0 amide bonds. The summed E-state index contributed by atoms with van der Waals surface area (Å²) >= 11 is 0. The quantitative estimate of drug-likeness (QED) is 0.815. The van der Waals surface area contributed by atoms with Crippen LogP contribution in [-0.2, 0) is 6.42 Å². The molecule has 0 heterocycles. The molecule has 18 heavy (non-hydrogen) atoms. The van der Waals surface area contributed by atoms with Crippen molar-refractivity contribution in [1.29, 1.82) is 0 Å². The van der Waals surface area contributed by atoms with E-state index in [2.05, 4.69) is 0 Å². The first-order valence-electron chi connectivity index (χ1n) is 5.67. The molecule has 2 rings (SSSR count). The van der Waals surface area contributed by atoms with E-state index < -0.39 is 0 Å². The zero-order valence-electron chi connectivity index (χ0n) is 9.90. The van der Waals surface area contributed by atoms with Gasteiger partial charge in [-0.15, -0.1) is 0 Å². The van der Waals surface area contributed by atoms with Gasteiger partial charge in [0.1, 0.15) is 11.6 Å². The first-order chi connectivity index (χ1) is 8.65. The van der Waals surface area contributed by atoms with Crippen LogP contribution in [0, 0.1) is 5.82 Å². The van der Waals surface area contributed by atoms with Crippen LogP contribution < -0.4 is 16.2 Å². The second kappa shape index (κ2) is 5.40. The number of benzene rings is 2. The summed E-state index contributed by atoms with van der Waals surface area (Å²) in [5.41, 5.74) is 13.2. The molecule has 4 heteroatoms. The molecule has 0 aromatic heterocycles. The maximum atomic E-state index is 12.9. The molecule has 3 nitrogen and oxygen atoms in total. The Hall–Kier alpha value is -2.23. The maximum Gasteiger partial charge on any atom is 0.123 e. The number of rotatable bonds is 4. The summed E-state index contributed by atoms with van der Waals surface area (Å²) in [6.07, 6.45) is 0.641. The Bertz CT molecular complexity index is 543. The van der Waals surface area contributed by atoms with Gasteiger partial charge in [-0.3, -0.25) is 0 Å². The summed E-state index contributed by atoms with van der Waals surface area (Å²) in [4.78, 5) is 0. The Labute approximate surface area is 105 Å². The fourth-order valence-corrected chi connectivity index (χ4v) is 1.62. The highest BCUT2D eigenvalue weighted by atomic mass is 19.1. The SMILES string of the molecule is Nc1ccc(OCCc2cccc(F)c2)cc1N. The highest BCUT2D eigenvalue weighted by Gasteiger charge is 2.00. The van der Waals surface area contributed by atoms with Crippen LogP contribution in [0.15, 0.2) is 42.5 Å². The Morgan fingerprint density at radius 2 is 1.83 bits per heavy atom. The van der Waals surface area contributed by atoms with Crippen molar-refractivity contribution in [2.45, 2.75) is 6.42 Å². The minimum atomic E-state index is -0.232. The number of ether oxygens (including phenoxy) is 1. The summed E-state index contributed by atoms with van der Waals surface area (Å²) in [6, 6.07) is 11.6. The lowest BCUT2D eigenvalue weighted by molar-refractivity contribution is 0.322. The molecule has 0 aliphatic rings. The molecule has 0 fully saturated rings. The molecular formula is C14H15FN2O. The van der Waals surface area contributed by atoms with Crippen molar-refractivity contribution in [2.24, 2.45) is 0 Å².